The number of piperazine rings is 1. The van der Waals surface area contributed by atoms with E-state index in [9.17, 15) is 0 Å². The molecular formula is C12H21N5S. The number of aromatic nitrogens is 2. The van der Waals surface area contributed by atoms with Gasteiger partial charge in [0, 0.05) is 45.1 Å². The first kappa shape index (κ1) is 13.3. The van der Waals surface area contributed by atoms with E-state index in [0.717, 1.165) is 38.7 Å². The van der Waals surface area contributed by atoms with E-state index >= 15 is 0 Å². The summed E-state index contributed by atoms with van der Waals surface area (Å²) in [5, 5.41) is 0. The number of imidazole rings is 1. The van der Waals surface area contributed by atoms with Crippen molar-refractivity contribution in [2.24, 2.45) is 5.73 Å². The van der Waals surface area contributed by atoms with Crippen LogP contribution in [0.3, 0.4) is 0 Å². The summed E-state index contributed by atoms with van der Waals surface area (Å²) >= 11 is 5.05. The first-order valence-electron chi connectivity index (χ1n) is 6.43. The van der Waals surface area contributed by atoms with Crippen molar-refractivity contribution in [2.45, 2.75) is 26.4 Å². The van der Waals surface area contributed by atoms with Gasteiger partial charge in [-0.3, -0.25) is 4.90 Å². The predicted octanol–water partition coefficient (Wildman–Crippen LogP) is 0.700. The van der Waals surface area contributed by atoms with Crippen LogP contribution >= 0.6 is 12.2 Å². The fourth-order valence-electron chi connectivity index (χ4n) is 2.32. The molecule has 2 rings (SSSR count). The molecule has 1 aliphatic heterocycles. The highest BCUT2D eigenvalue weighted by Gasteiger charge is 2.24. The summed E-state index contributed by atoms with van der Waals surface area (Å²) in [5.41, 5.74) is 5.70. The lowest BCUT2D eigenvalue weighted by Crippen LogP contribution is -2.53. The number of hydrogen-bond acceptors (Lipinski definition) is 4. The van der Waals surface area contributed by atoms with Crippen molar-refractivity contribution < 1.29 is 0 Å². The summed E-state index contributed by atoms with van der Waals surface area (Å²) < 4.78 is 2.17. The Morgan fingerprint density at radius 1 is 1.44 bits per heavy atom. The molecule has 2 heterocycles. The van der Waals surface area contributed by atoms with Crippen molar-refractivity contribution in [3.8, 4) is 0 Å². The third-order valence-corrected chi connectivity index (χ3v) is 3.93. The van der Waals surface area contributed by atoms with Gasteiger partial charge in [-0.15, -0.1) is 0 Å². The predicted molar refractivity (Wildman–Crippen MR) is 77.9 cm³/mol. The minimum atomic E-state index is 0.188. The zero-order chi connectivity index (χ0) is 13.1. The largest absolute Gasteiger partial charge is 0.392 e. The highest BCUT2D eigenvalue weighted by Crippen LogP contribution is 2.15. The molecule has 0 aromatic carbocycles. The lowest BCUT2D eigenvalue weighted by molar-refractivity contribution is 0.237. The quantitative estimate of drug-likeness (QED) is 0.814. The lowest BCUT2D eigenvalue weighted by atomic mass is 10.2. The first-order chi connectivity index (χ1) is 8.63. The molecule has 1 aliphatic rings. The summed E-state index contributed by atoms with van der Waals surface area (Å²) in [6.45, 7) is 9.08. The molecule has 6 heteroatoms. The molecule has 0 spiro atoms. The number of anilines is 1. The normalized spacial score (nSPS) is 18.9. The van der Waals surface area contributed by atoms with Gasteiger partial charge in [0.25, 0.3) is 0 Å². The van der Waals surface area contributed by atoms with Gasteiger partial charge in [0.05, 0.1) is 11.0 Å². The smallest absolute Gasteiger partial charge is 0.205 e. The molecular weight excluding hydrogens is 246 g/mol. The second kappa shape index (κ2) is 5.67. The average molecular weight is 267 g/mol. The first-order valence-corrected chi connectivity index (χ1v) is 6.83. The van der Waals surface area contributed by atoms with Crippen LogP contribution in [0, 0.1) is 0 Å². The van der Waals surface area contributed by atoms with Crippen LogP contribution in [0.4, 0.5) is 5.95 Å². The van der Waals surface area contributed by atoms with Crippen molar-refractivity contribution in [2.75, 3.05) is 31.1 Å². The van der Waals surface area contributed by atoms with Crippen molar-refractivity contribution >= 4 is 23.2 Å². The topological polar surface area (TPSA) is 50.3 Å². The number of rotatable bonds is 4. The Morgan fingerprint density at radius 3 is 2.67 bits per heavy atom. The van der Waals surface area contributed by atoms with Crippen molar-refractivity contribution in [3.05, 3.63) is 12.4 Å². The van der Waals surface area contributed by atoms with Gasteiger partial charge in [-0.2, -0.15) is 0 Å². The van der Waals surface area contributed by atoms with Gasteiger partial charge in [-0.05, 0) is 13.8 Å². The number of hydrogen-bond donors (Lipinski definition) is 1. The van der Waals surface area contributed by atoms with Gasteiger partial charge in [0.2, 0.25) is 5.95 Å². The number of nitrogens with zero attached hydrogens (tertiary/aromatic N) is 4. The van der Waals surface area contributed by atoms with Crippen LogP contribution in [0.1, 0.15) is 13.8 Å². The van der Waals surface area contributed by atoms with Crippen LogP contribution in [0.2, 0.25) is 0 Å². The van der Waals surface area contributed by atoms with Crippen LogP contribution in [0.15, 0.2) is 12.4 Å². The monoisotopic (exact) mass is 267 g/mol. The van der Waals surface area contributed by atoms with E-state index < -0.39 is 0 Å². The number of thiocarbonyl (C=S) groups is 1. The lowest BCUT2D eigenvalue weighted by Gasteiger charge is -2.38. The Hall–Kier alpha value is -1.14. The Balaban J connectivity index is 1.96. The van der Waals surface area contributed by atoms with Crippen molar-refractivity contribution in [1.82, 2.24) is 14.5 Å². The molecule has 18 heavy (non-hydrogen) atoms. The second-order valence-electron chi connectivity index (χ2n) is 4.61. The third-order valence-electron chi connectivity index (χ3n) is 3.59. The molecule has 1 unspecified atom stereocenters. The highest BCUT2D eigenvalue weighted by atomic mass is 32.1. The second-order valence-corrected chi connectivity index (χ2v) is 5.09. The molecule has 0 radical (unpaired) electrons. The van der Waals surface area contributed by atoms with Crippen molar-refractivity contribution in [3.63, 3.8) is 0 Å². The van der Waals surface area contributed by atoms with E-state index in [-0.39, 0.29) is 6.04 Å². The SMILES string of the molecule is CCn1ccnc1N1CCN(C(C)C(N)=S)CC1. The molecule has 0 amide bonds. The minimum Gasteiger partial charge on any atom is -0.392 e. The summed E-state index contributed by atoms with van der Waals surface area (Å²) in [7, 11) is 0. The zero-order valence-electron chi connectivity index (χ0n) is 11.0. The summed E-state index contributed by atoms with van der Waals surface area (Å²) in [4.78, 5) is 9.67. The Morgan fingerprint density at radius 2 is 2.11 bits per heavy atom. The highest BCUT2D eigenvalue weighted by molar-refractivity contribution is 7.80. The Kier molecular flexibility index (Phi) is 4.19. The zero-order valence-corrected chi connectivity index (χ0v) is 11.9. The molecule has 0 bridgehead atoms. The van der Waals surface area contributed by atoms with Crippen LogP contribution in [0.25, 0.3) is 0 Å². The van der Waals surface area contributed by atoms with Gasteiger partial charge in [-0.1, -0.05) is 12.2 Å². The number of aryl methyl sites for hydroxylation is 1. The molecule has 5 nitrogen and oxygen atoms in total. The fourth-order valence-corrected chi connectivity index (χ4v) is 2.47. The molecule has 1 aromatic rings. The maximum Gasteiger partial charge on any atom is 0.205 e. The van der Waals surface area contributed by atoms with E-state index in [2.05, 4.69) is 33.2 Å². The third kappa shape index (κ3) is 2.64. The van der Waals surface area contributed by atoms with Crippen LogP contribution < -0.4 is 10.6 Å². The molecule has 1 saturated heterocycles. The van der Waals surface area contributed by atoms with Gasteiger partial charge >= 0.3 is 0 Å². The van der Waals surface area contributed by atoms with Gasteiger partial charge in [0.1, 0.15) is 0 Å². The van der Waals surface area contributed by atoms with Crippen LogP contribution in [0.5, 0.6) is 0 Å². The number of nitrogens with two attached hydrogens (primary N) is 1. The van der Waals surface area contributed by atoms with E-state index in [1.165, 1.54) is 0 Å². The van der Waals surface area contributed by atoms with Gasteiger partial charge in [-0.25, -0.2) is 4.98 Å². The van der Waals surface area contributed by atoms with Gasteiger partial charge < -0.3 is 15.2 Å². The molecule has 0 aliphatic carbocycles. The Bertz CT molecular complexity index is 408. The van der Waals surface area contributed by atoms with E-state index in [1.54, 1.807) is 0 Å². The summed E-state index contributed by atoms with van der Waals surface area (Å²) in [6.07, 6.45) is 3.89. The molecule has 100 valence electrons. The minimum absolute atomic E-state index is 0.188. The molecule has 0 saturated carbocycles. The van der Waals surface area contributed by atoms with Crippen LogP contribution in [-0.4, -0.2) is 51.7 Å². The van der Waals surface area contributed by atoms with Gasteiger partial charge in [0.15, 0.2) is 0 Å². The Labute approximate surface area is 114 Å². The molecule has 1 atom stereocenters. The van der Waals surface area contributed by atoms with E-state index in [0.29, 0.717) is 4.99 Å². The van der Waals surface area contributed by atoms with E-state index in [4.69, 9.17) is 18.0 Å². The fraction of sp³-hybridized carbons (Fsp3) is 0.667. The van der Waals surface area contributed by atoms with E-state index in [1.807, 2.05) is 12.4 Å². The molecule has 2 N–H and O–H groups in total. The summed E-state index contributed by atoms with van der Waals surface area (Å²) in [6, 6.07) is 0.188. The maximum absolute atomic E-state index is 5.70. The van der Waals surface area contributed by atoms with Crippen molar-refractivity contribution in [1.29, 1.82) is 0 Å². The molecule has 1 fully saturated rings. The van der Waals surface area contributed by atoms with Crippen LogP contribution in [-0.2, 0) is 6.54 Å². The maximum atomic E-state index is 5.70. The standard InChI is InChI=1S/C12H21N5S/c1-3-15-5-4-14-12(15)17-8-6-16(7-9-17)10(2)11(13)18/h4-5,10H,3,6-9H2,1-2H3,(H2,13,18). The summed E-state index contributed by atoms with van der Waals surface area (Å²) in [5.74, 6) is 1.07. The molecule has 1 aromatic heterocycles. The average Bonchev–Trinajstić information content (AvgIpc) is 2.86.